The highest BCUT2D eigenvalue weighted by Gasteiger charge is 2.28. The van der Waals surface area contributed by atoms with Gasteiger partial charge in [0.2, 0.25) is 10.0 Å². The molecular formula is C20H22F2N2O4S. The van der Waals surface area contributed by atoms with E-state index in [4.69, 9.17) is 9.47 Å². The Bertz CT molecular complexity index is 1000. The molecule has 1 saturated heterocycles. The number of halogens is 2. The Morgan fingerprint density at radius 1 is 1.07 bits per heavy atom. The maximum atomic E-state index is 13.8. The van der Waals surface area contributed by atoms with Crippen molar-refractivity contribution in [3.8, 4) is 11.5 Å². The molecule has 2 aliphatic rings. The second-order valence-electron chi connectivity index (χ2n) is 7.07. The number of nitrogens with one attached hydrogen (secondary N) is 1. The smallest absolute Gasteiger partial charge is 0.243 e. The van der Waals surface area contributed by atoms with Crippen LogP contribution in [0.2, 0.25) is 0 Å². The minimum Gasteiger partial charge on any atom is -0.486 e. The number of fused-ring (bicyclic) bond motifs is 1. The van der Waals surface area contributed by atoms with Crippen LogP contribution in [0, 0.1) is 11.6 Å². The summed E-state index contributed by atoms with van der Waals surface area (Å²) in [5, 5.41) is 0. The Hall–Kier alpha value is -2.23. The number of rotatable bonds is 6. The predicted molar refractivity (Wildman–Crippen MR) is 103 cm³/mol. The lowest BCUT2D eigenvalue weighted by atomic mass is 10.0. The van der Waals surface area contributed by atoms with Crippen molar-refractivity contribution in [2.45, 2.75) is 23.8 Å². The summed E-state index contributed by atoms with van der Waals surface area (Å²) < 4.78 is 65.1. The third kappa shape index (κ3) is 4.36. The molecule has 0 spiro atoms. The first-order chi connectivity index (χ1) is 13.9. The summed E-state index contributed by atoms with van der Waals surface area (Å²) in [5.41, 5.74) is 1.10. The number of hydrogen-bond donors (Lipinski definition) is 1. The second kappa shape index (κ2) is 8.25. The summed E-state index contributed by atoms with van der Waals surface area (Å²) in [6, 6.07) is 8.46. The normalized spacial score (nSPS) is 19.4. The SMILES string of the molecule is O=S(=O)(NCCN1CCCC1c1ccc2c(c1)OCCO2)c1ccc(F)cc1F. The Kier molecular flexibility index (Phi) is 5.71. The standard InChI is InChI=1S/C20H22F2N2O4S/c21-15-4-6-20(16(22)13-15)29(25,26)23-7-9-24-8-1-2-17(24)14-3-5-18-19(12-14)28-11-10-27-18/h3-6,12-13,17,23H,1-2,7-11H2. The highest BCUT2D eigenvalue weighted by Crippen LogP contribution is 2.37. The van der Waals surface area contributed by atoms with E-state index >= 15 is 0 Å². The Morgan fingerprint density at radius 2 is 1.86 bits per heavy atom. The number of likely N-dealkylation sites (tertiary alicyclic amines) is 1. The zero-order valence-electron chi connectivity index (χ0n) is 15.7. The summed E-state index contributed by atoms with van der Waals surface area (Å²) >= 11 is 0. The van der Waals surface area contributed by atoms with Crippen molar-refractivity contribution in [3.63, 3.8) is 0 Å². The van der Waals surface area contributed by atoms with Crippen LogP contribution in [0.3, 0.4) is 0 Å². The third-order valence-electron chi connectivity index (χ3n) is 5.19. The van der Waals surface area contributed by atoms with Gasteiger partial charge in [0.15, 0.2) is 11.5 Å². The number of sulfonamides is 1. The van der Waals surface area contributed by atoms with Crippen LogP contribution in [-0.4, -0.2) is 46.2 Å². The molecule has 1 unspecified atom stereocenters. The predicted octanol–water partition coefficient (Wildman–Crippen LogP) is 2.85. The molecule has 1 atom stereocenters. The van der Waals surface area contributed by atoms with Gasteiger partial charge in [0.1, 0.15) is 29.7 Å². The lowest BCUT2D eigenvalue weighted by Gasteiger charge is -2.26. The molecule has 9 heteroatoms. The molecule has 0 bridgehead atoms. The fraction of sp³-hybridized carbons (Fsp3) is 0.400. The maximum absolute atomic E-state index is 13.8. The van der Waals surface area contributed by atoms with E-state index < -0.39 is 26.6 Å². The third-order valence-corrected chi connectivity index (χ3v) is 6.68. The lowest BCUT2D eigenvalue weighted by molar-refractivity contribution is 0.170. The zero-order chi connectivity index (χ0) is 20.4. The Morgan fingerprint density at radius 3 is 2.66 bits per heavy atom. The minimum absolute atomic E-state index is 0.125. The van der Waals surface area contributed by atoms with Gasteiger partial charge >= 0.3 is 0 Å². The summed E-state index contributed by atoms with van der Waals surface area (Å²) in [4.78, 5) is 1.64. The van der Waals surface area contributed by atoms with Crippen LogP contribution in [0.1, 0.15) is 24.4 Å². The van der Waals surface area contributed by atoms with Gasteiger partial charge in [-0.05, 0) is 49.2 Å². The van der Waals surface area contributed by atoms with E-state index in [9.17, 15) is 17.2 Å². The first-order valence-electron chi connectivity index (χ1n) is 9.52. The number of benzene rings is 2. The molecular weight excluding hydrogens is 402 g/mol. The molecule has 0 aromatic heterocycles. The van der Waals surface area contributed by atoms with Crippen molar-refractivity contribution in [2.24, 2.45) is 0 Å². The van der Waals surface area contributed by atoms with E-state index in [0.29, 0.717) is 25.8 Å². The van der Waals surface area contributed by atoms with E-state index in [0.717, 1.165) is 48.6 Å². The van der Waals surface area contributed by atoms with E-state index in [2.05, 4.69) is 9.62 Å². The van der Waals surface area contributed by atoms with Gasteiger partial charge in [0, 0.05) is 25.2 Å². The highest BCUT2D eigenvalue weighted by molar-refractivity contribution is 7.89. The first-order valence-corrected chi connectivity index (χ1v) is 11.0. The van der Waals surface area contributed by atoms with Gasteiger partial charge in [0.05, 0.1) is 0 Å². The molecule has 4 rings (SSSR count). The van der Waals surface area contributed by atoms with Gasteiger partial charge in [0.25, 0.3) is 0 Å². The molecule has 2 aliphatic heterocycles. The van der Waals surface area contributed by atoms with Gasteiger partial charge < -0.3 is 9.47 Å². The molecule has 6 nitrogen and oxygen atoms in total. The Labute approximate surface area is 168 Å². The molecule has 1 fully saturated rings. The van der Waals surface area contributed by atoms with Gasteiger partial charge in [-0.25, -0.2) is 21.9 Å². The summed E-state index contributed by atoms with van der Waals surface area (Å²) in [6.45, 7) is 2.50. The zero-order valence-corrected chi connectivity index (χ0v) is 16.6. The quantitative estimate of drug-likeness (QED) is 0.773. The average Bonchev–Trinajstić information content (AvgIpc) is 3.15. The topological polar surface area (TPSA) is 67.9 Å². The molecule has 0 aliphatic carbocycles. The van der Waals surface area contributed by atoms with E-state index in [1.165, 1.54) is 0 Å². The molecule has 0 amide bonds. The van der Waals surface area contributed by atoms with Crippen LogP contribution in [0.5, 0.6) is 11.5 Å². The fourth-order valence-corrected chi connectivity index (χ4v) is 4.91. The lowest BCUT2D eigenvalue weighted by Crippen LogP contribution is -2.35. The molecule has 29 heavy (non-hydrogen) atoms. The molecule has 156 valence electrons. The first kappa shape index (κ1) is 20.1. The van der Waals surface area contributed by atoms with Crippen LogP contribution in [-0.2, 0) is 10.0 Å². The van der Waals surface area contributed by atoms with Crippen LogP contribution < -0.4 is 14.2 Å². The number of ether oxygens (including phenoxy) is 2. The summed E-state index contributed by atoms with van der Waals surface area (Å²) in [7, 11) is -4.05. The van der Waals surface area contributed by atoms with Crippen molar-refractivity contribution in [3.05, 3.63) is 53.6 Å². The average molecular weight is 424 g/mol. The van der Waals surface area contributed by atoms with Crippen molar-refractivity contribution in [1.82, 2.24) is 9.62 Å². The van der Waals surface area contributed by atoms with Crippen LogP contribution in [0.4, 0.5) is 8.78 Å². The minimum atomic E-state index is -4.05. The van der Waals surface area contributed by atoms with Crippen molar-refractivity contribution < 1.29 is 26.7 Å². The van der Waals surface area contributed by atoms with Crippen molar-refractivity contribution in [1.29, 1.82) is 0 Å². The highest BCUT2D eigenvalue weighted by atomic mass is 32.2. The van der Waals surface area contributed by atoms with Gasteiger partial charge in [-0.2, -0.15) is 0 Å². The largest absolute Gasteiger partial charge is 0.486 e. The Balaban J connectivity index is 1.40. The molecule has 0 saturated carbocycles. The molecule has 2 aromatic carbocycles. The monoisotopic (exact) mass is 424 g/mol. The van der Waals surface area contributed by atoms with Crippen molar-refractivity contribution >= 4 is 10.0 Å². The second-order valence-corrected chi connectivity index (χ2v) is 8.80. The van der Waals surface area contributed by atoms with Crippen molar-refractivity contribution in [2.75, 3.05) is 32.8 Å². The number of hydrogen-bond acceptors (Lipinski definition) is 5. The summed E-state index contributed by atoms with van der Waals surface area (Å²) in [5.74, 6) is -0.458. The molecule has 1 N–H and O–H groups in total. The molecule has 2 heterocycles. The molecule has 0 radical (unpaired) electrons. The van der Waals surface area contributed by atoms with Crippen LogP contribution >= 0.6 is 0 Å². The van der Waals surface area contributed by atoms with E-state index in [-0.39, 0.29) is 12.6 Å². The van der Waals surface area contributed by atoms with Gasteiger partial charge in [-0.1, -0.05) is 6.07 Å². The fourth-order valence-electron chi connectivity index (χ4n) is 3.83. The van der Waals surface area contributed by atoms with Crippen LogP contribution in [0.25, 0.3) is 0 Å². The summed E-state index contributed by atoms with van der Waals surface area (Å²) in [6.07, 6.45) is 1.96. The van der Waals surface area contributed by atoms with Gasteiger partial charge in [-0.3, -0.25) is 4.90 Å². The maximum Gasteiger partial charge on any atom is 0.243 e. The van der Waals surface area contributed by atoms with Gasteiger partial charge in [-0.15, -0.1) is 0 Å². The van der Waals surface area contributed by atoms with E-state index in [1.54, 1.807) is 0 Å². The van der Waals surface area contributed by atoms with Crippen LogP contribution in [0.15, 0.2) is 41.3 Å². The number of nitrogens with zero attached hydrogens (tertiary/aromatic N) is 1. The van der Waals surface area contributed by atoms with E-state index in [1.807, 2.05) is 18.2 Å². The molecule has 2 aromatic rings.